The van der Waals surface area contributed by atoms with Crippen molar-refractivity contribution >= 4 is 32.5 Å². The largest absolute Gasteiger partial charge is 0.321 e. The summed E-state index contributed by atoms with van der Waals surface area (Å²) in [6, 6.07) is 20.1. The fraction of sp³-hybridized carbons (Fsp3) is 0.222. The van der Waals surface area contributed by atoms with Crippen molar-refractivity contribution in [3.8, 4) is 0 Å². The van der Waals surface area contributed by atoms with Crippen LogP contribution >= 0.6 is 11.6 Å². The molecule has 0 radical (unpaired) electrons. The summed E-state index contributed by atoms with van der Waals surface area (Å²) in [6.45, 7) is 6.09. The van der Waals surface area contributed by atoms with Crippen LogP contribution in [-0.4, -0.2) is 24.3 Å². The van der Waals surface area contributed by atoms with Crippen molar-refractivity contribution in [2.24, 2.45) is 0 Å². The van der Waals surface area contributed by atoms with Crippen molar-refractivity contribution in [2.45, 2.75) is 38.6 Å². The van der Waals surface area contributed by atoms with Crippen LogP contribution in [0.5, 0.6) is 0 Å². The Hall–Kier alpha value is -2.93. The number of nitrogens with one attached hydrogen (secondary N) is 1. The first kappa shape index (κ1) is 24.2. The summed E-state index contributed by atoms with van der Waals surface area (Å²) < 4.78 is 28.7. The highest BCUT2D eigenvalue weighted by Crippen LogP contribution is 2.26. The van der Waals surface area contributed by atoms with Crippen LogP contribution < -0.4 is 5.56 Å². The number of H-pyrrole nitrogens is 1. The molecule has 1 heterocycles. The number of hydrogen-bond donors (Lipinski definition) is 1. The zero-order chi connectivity index (χ0) is 24.5. The molecule has 0 unspecified atom stereocenters. The van der Waals surface area contributed by atoms with Crippen molar-refractivity contribution in [1.29, 1.82) is 0 Å². The highest BCUT2D eigenvalue weighted by Gasteiger charge is 2.27. The SMILES string of the molecule is Cc1cccc(CCN(Cc2cc3cc(C)cc(C)c3[nH]c2=O)S(=O)(=O)c2ccccc2Cl)c1. The number of nitrogens with zero attached hydrogens (tertiary/aromatic N) is 1. The zero-order valence-electron chi connectivity index (χ0n) is 19.4. The molecule has 4 aromatic rings. The number of hydrogen-bond acceptors (Lipinski definition) is 3. The maximum absolute atomic E-state index is 13.7. The van der Waals surface area contributed by atoms with Crippen LogP contribution in [0.1, 0.15) is 27.8 Å². The Labute approximate surface area is 205 Å². The number of aryl methyl sites for hydroxylation is 3. The lowest BCUT2D eigenvalue weighted by molar-refractivity contribution is 0.408. The molecular weight excluding hydrogens is 468 g/mol. The molecular formula is C27H27ClN2O3S. The number of aromatic amines is 1. The van der Waals surface area contributed by atoms with Gasteiger partial charge in [-0.25, -0.2) is 8.42 Å². The Balaban J connectivity index is 1.75. The molecule has 0 spiro atoms. The molecule has 0 saturated heterocycles. The normalized spacial score (nSPS) is 11.9. The predicted octanol–water partition coefficient (Wildman–Crippen LogP) is 5.54. The Kier molecular flexibility index (Phi) is 6.94. The highest BCUT2D eigenvalue weighted by molar-refractivity contribution is 7.89. The van der Waals surface area contributed by atoms with Crippen LogP contribution in [0, 0.1) is 20.8 Å². The summed E-state index contributed by atoms with van der Waals surface area (Å²) in [5.41, 5.74) is 5.03. The maximum atomic E-state index is 13.7. The van der Waals surface area contributed by atoms with Crippen LogP contribution in [0.2, 0.25) is 5.02 Å². The lowest BCUT2D eigenvalue weighted by atomic mass is 10.1. The average Bonchev–Trinajstić information content (AvgIpc) is 2.77. The van der Waals surface area contributed by atoms with E-state index in [9.17, 15) is 13.2 Å². The van der Waals surface area contributed by atoms with Crippen LogP contribution in [-0.2, 0) is 23.0 Å². The van der Waals surface area contributed by atoms with Gasteiger partial charge in [0.1, 0.15) is 4.90 Å². The number of fused-ring (bicyclic) bond motifs is 1. The van der Waals surface area contributed by atoms with E-state index in [1.165, 1.54) is 10.4 Å². The van der Waals surface area contributed by atoms with Crippen LogP contribution in [0.4, 0.5) is 0 Å². The quantitative estimate of drug-likeness (QED) is 0.366. The van der Waals surface area contributed by atoms with Gasteiger partial charge < -0.3 is 4.98 Å². The second-order valence-corrected chi connectivity index (χ2v) is 11.0. The van der Waals surface area contributed by atoms with Gasteiger partial charge in [0.2, 0.25) is 10.0 Å². The second kappa shape index (κ2) is 9.74. The standard InChI is InChI=1S/C27H27ClN2O3S/c1-18-7-6-8-21(14-18)11-12-30(34(32,33)25-10-5-4-9-24(25)28)17-23-16-22-15-19(2)13-20(3)26(22)29-27(23)31/h4-10,13-16H,11-12,17H2,1-3H3,(H,29,31). The monoisotopic (exact) mass is 494 g/mol. The van der Waals surface area contributed by atoms with Gasteiger partial charge in [0.05, 0.1) is 10.5 Å². The molecule has 0 aliphatic rings. The van der Waals surface area contributed by atoms with Gasteiger partial charge in [0.15, 0.2) is 0 Å². The van der Waals surface area contributed by atoms with Crippen molar-refractivity contribution in [3.05, 3.63) is 110 Å². The van der Waals surface area contributed by atoms with E-state index in [1.54, 1.807) is 24.3 Å². The molecule has 3 aromatic carbocycles. The molecule has 0 aliphatic carbocycles. The van der Waals surface area contributed by atoms with Crippen molar-refractivity contribution < 1.29 is 8.42 Å². The van der Waals surface area contributed by atoms with Gasteiger partial charge in [0, 0.05) is 18.7 Å². The Morgan fingerprint density at radius 1 is 0.912 bits per heavy atom. The molecule has 0 amide bonds. The summed E-state index contributed by atoms with van der Waals surface area (Å²) in [4.78, 5) is 15.9. The number of rotatable bonds is 7. The van der Waals surface area contributed by atoms with E-state index in [1.807, 2.05) is 57.2 Å². The Morgan fingerprint density at radius 2 is 1.68 bits per heavy atom. The minimum atomic E-state index is -3.95. The summed E-state index contributed by atoms with van der Waals surface area (Å²) >= 11 is 6.26. The number of pyridine rings is 1. The molecule has 0 fully saturated rings. The lowest BCUT2D eigenvalue weighted by Crippen LogP contribution is -2.34. The van der Waals surface area contributed by atoms with Crippen LogP contribution in [0.15, 0.2) is 76.4 Å². The van der Waals surface area contributed by atoms with Gasteiger partial charge in [-0.2, -0.15) is 4.31 Å². The van der Waals surface area contributed by atoms with E-state index < -0.39 is 10.0 Å². The van der Waals surface area contributed by atoms with Crippen LogP contribution in [0.25, 0.3) is 10.9 Å². The van der Waals surface area contributed by atoms with E-state index in [0.717, 1.165) is 33.2 Å². The minimum absolute atomic E-state index is 0.0322. The summed E-state index contributed by atoms with van der Waals surface area (Å²) in [5, 5.41) is 1.03. The van der Waals surface area contributed by atoms with Crippen molar-refractivity contribution in [2.75, 3.05) is 6.54 Å². The van der Waals surface area contributed by atoms with E-state index in [0.29, 0.717) is 12.0 Å². The summed E-state index contributed by atoms with van der Waals surface area (Å²) in [7, 11) is -3.95. The molecule has 7 heteroatoms. The maximum Gasteiger partial charge on any atom is 0.252 e. The molecule has 4 rings (SSSR count). The molecule has 176 valence electrons. The van der Waals surface area contributed by atoms with Crippen molar-refractivity contribution in [3.63, 3.8) is 0 Å². The fourth-order valence-electron chi connectivity index (χ4n) is 4.24. The van der Waals surface area contributed by atoms with E-state index in [2.05, 4.69) is 4.98 Å². The summed E-state index contributed by atoms with van der Waals surface area (Å²) in [5.74, 6) is 0. The first-order valence-electron chi connectivity index (χ1n) is 11.1. The van der Waals surface area contributed by atoms with Gasteiger partial charge in [-0.15, -0.1) is 0 Å². The zero-order valence-corrected chi connectivity index (χ0v) is 21.0. The Morgan fingerprint density at radius 3 is 2.41 bits per heavy atom. The molecule has 0 bridgehead atoms. The topological polar surface area (TPSA) is 70.2 Å². The van der Waals surface area contributed by atoms with Gasteiger partial charge in [-0.1, -0.05) is 65.2 Å². The molecule has 0 saturated carbocycles. The van der Waals surface area contributed by atoms with Crippen molar-refractivity contribution in [1.82, 2.24) is 9.29 Å². The Bertz CT molecular complexity index is 1530. The summed E-state index contributed by atoms with van der Waals surface area (Å²) in [6.07, 6.45) is 0.509. The van der Waals surface area contributed by atoms with Gasteiger partial charge in [-0.05, 0) is 68.0 Å². The number of benzene rings is 3. The van der Waals surface area contributed by atoms with Gasteiger partial charge in [-0.3, -0.25) is 4.79 Å². The molecule has 0 aliphatic heterocycles. The van der Waals surface area contributed by atoms with E-state index in [4.69, 9.17) is 11.6 Å². The third kappa shape index (κ3) is 5.09. The third-order valence-corrected chi connectivity index (χ3v) is 8.25. The number of aromatic nitrogens is 1. The molecule has 0 atom stereocenters. The number of sulfonamides is 1. The van der Waals surface area contributed by atoms with Gasteiger partial charge in [0.25, 0.3) is 5.56 Å². The number of halogens is 1. The molecule has 5 nitrogen and oxygen atoms in total. The average molecular weight is 495 g/mol. The highest BCUT2D eigenvalue weighted by atomic mass is 35.5. The molecule has 1 aromatic heterocycles. The fourth-order valence-corrected chi connectivity index (χ4v) is 6.15. The minimum Gasteiger partial charge on any atom is -0.321 e. The first-order valence-corrected chi connectivity index (χ1v) is 12.9. The van der Waals surface area contributed by atoms with E-state index >= 15 is 0 Å². The van der Waals surface area contributed by atoms with Gasteiger partial charge >= 0.3 is 0 Å². The predicted molar refractivity (Wildman–Crippen MR) is 138 cm³/mol. The molecule has 34 heavy (non-hydrogen) atoms. The second-order valence-electron chi connectivity index (χ2n) is 8.68. The third-order valence-electron chi connectivity index (χ3n) is 5.90. The lowest BCUT2D eigenvalue weighted by Gasteiger charge is -2.23. The van der Waals surface area contributed by atoms with Crippen LogP contribution in [0.3, 0.4) is 0 Å². The smallest absolute Gasteiger partial charge is 0.252 e. The molecule has 1 N–H and O–H groups in total. The first-order chi connectivity index (χ1) is 16.1. The van der Waals surface area contributed by atoms with E-state index in [-0.39, 0.29) is 28.6 Å².